The van der Waals surface area contributed by atoms with E-state index in [2.05, 4.69) is 20.0 Å². The van der Waals surface area contributed by atoms with Gasteiger partial charge in [0.15, 0.2) is 5.69 Å². The fourth-order valence-corrected chi connectivity index (χ4v) is 2.55. The van der Waals surface area contributed by atoms with Gasteiger partial charge >= 0.3 is 6.09 Å². The lowest BCUT2D eigenvalue weighted by atomic mass is 10.2. The largest absolute Gasteiger partial charge is 0.452 e. The van der Waals surface area contributed by atoms with Crippen LogP contribution in [0.3, 0.4) is 0 Å². The van der Waals surface area contributed by atoms with Gasteiger partial charge in [-0.15, -0.1) is 0 Å². The molecule has 0 spiro atoms. The smallest absolute Gasteiger partial charge is 0.413 e. The first-order valence-corrected chi connectivity index (χ1v) is 8.79. The molecule has 1 aromatic heterocycles. The molecule has 2 aromatic rings. The summed E-state index contributed by atoms with van der Waals surface area (Å²) in [6.07, 6.45) is 0.939. The molecule has 0 aliphatic rings. The summed E-state index contributed by atoms with van der Waals surface area (Å²) < 4.78 is 4.67. The Morgan fingerprint density at radius 3 is 2.37 bits per heavy atom. The summed E-state index contributed by atoms with van der Waals surface area (Å²) >= 11 is 6.10. The summed E-state index contributed by atoms with van der Waals surface area (Å²) in [5.74, 6) is 0.00878. The van der Waals surface area contributed by atoms with Crippen LogP contribution in [0.4, 0.5) is 22.1 Å². The number of ether oxygens (including phenoxy) is 1. The first kappa shape index (κ1) is 20.4. The number of nitrogens with zero attached hydrogens (tertiary/aromatic N) is 4. The van der Waals surface area contributed by atoms with Crippen molar-refractivity contribution in [1.82, 2.24) is 9.97 Å². The molecule has 1 aromatic carbocycles. The molecule has 1 N–H and O–H groups in total. The van der Waals surface area contributed by atoms with Crippen LogP contribution in [0.15, 0.2) is 30.5 Å². The number of anilines is 3. The van der Waals surface area contributed by atoms with Crippen molar-refractivity contribution in [2.24, 2.45) is 0 Å². The van der Waals surface area contributed by atoms with E-state index in [1.165, 1.54) is 18.2 Å². The zero-order chi connectivity index (χ0) is 20.0. The van der Waals surface area contributed by atoms with Gasteiger partial charge in [-0.05, 0) is 38.1 Å². The molecule has 8 nitrogen and oxygen atoms in total. The number of amides is 2. The molecule has 0 fully saturated rings. The molecule has 0 unspecified atom stereocenters. The predicted molar refractivity (Wildman–Crippen MR) is 106 cm³/mol. The molecule has 0 atom stereocenters. The molecule has 0 aliphatic heterocycles. The van der Waals surface area contributed by atoms with Crippen LogP contribution in [0.5, 0.6) is 0 Å². The number of carbonyl (C=O) groups is 2. The Hall–Kier alpha value is -2.87. The van der Waals surface area contributed by atoms with Crippen molar-refractivity contribution in [3.05, 3.63) is 41.2 Å². The van der Waals surface area contributed by atoms with Gasteiger partial charge in [-0.2, -0.15) is 0 Å². The summed E-state index contributed by atoms with van der Waals surface area (Å²) in [6, 6.07) is 6.73. The van der Waals surface area contributed by atoms with Gasteiger partial charge in [0, 0.05) is 31.5 Å². The second-order valence-electron chi connectivity index (χ2n) is 5.57. The number of carbonyl (C=O) groups excluding carboxylic acids is 2. The van der Waals surface area contributed by atoms with Gasteiger partial charge in [0.1, 0.15) is 0 Å². The summed E-state index contributed by atoms with van der Waals surface area (Å²) in [7, 11) is 2.90. The molecule has 0 bridgehead atoms. The summed E-state index contributed by atoms with van der Waals surface area (Å²) in [4.78, 5) is 35.8. The minimum Gasteiger partial charge on any atom is -0.452 e. The maximum Gasteiger partial charge on any atom is 0.413 e. The second kappa shape index (κ2) is 9.18. The average molecular weight is 392 g/mol. The lowest BCUT2D eigenvalue weighted by Crippen LogP contribution is -2.26. The second-order valence-corrected chi connectivity index (χ2v) is 5.98. The Balaban J connectivity index is 2.17. The van der Waals surface area contributed by atoms with E-state index in [9.17, 15) is 9.59 Å². The van der Waals surface area contributed by atoms with E-state index >= 15 is 0 Å². The highest BCUT2D eigenvalue weighted by Crippen LogP contribution is 2.20. The van der Waals surface area contributed by atoms with Gasteiger partial charge < -0.3 is 15.0 Å². The van der Waals surface area contributed by atoms with Crippen LogP contribution in [0.2, 0.25) is 5.02 Å². The first-order chi connectivity index (χ1) is 12.9. The Bertz CT molecular complexity index is 809. The number of methoxy groups -OCH3 is 1. The van der Waals surface area contributed by atoms with Crippen molar-refractivity contribution in [3.8, 4) is 0 Å². The third-order valence-electron chi connectivity index (χ3n) is 3.95. The van der Waals surface area contributed by atoms with Gasteiger partial charge in [-0.1, -0.05) is 11.6 Å². The van der Waals surface area contributed by atoms with Crippen molar-refractivity contribution in [1.29, 1.82) is 0 Å². The minimum absolute atomic E-state index is 0.101. The van der Waals surface area contributed by atoms with Crippen LogP contribution in [-0.2, 0) is 4.74 Å². The van der Waals surface area contributed by atoms with Gasteiger partial charge in [0.05, 0.1) is 18.3 Å². The molecule has 1 heterocycles. The van der Waals surface area contributed by atoms with Crippen LogP contribution in [0.1, 0.15) is 24.3 Å². The zero-order valence-corrected chi connectivity index (χ0v) is 16.4. The molecule has 0 saturated carbocycles. The predicted octanol–water partition coefficient (Wildman–Crippen LogP) is 3.43. The number of aromatic nitrogens is 2. The zero-order valence-electron chi connectivity index (χ0n) is 15.7. The molecule has 0 saturated heterocycles. The third kappa shape index (κ3) is 4.85. The normalized spacial score (nSPS) is 10.3. The van der Waals surface area contributed by atoms with Gasteiger partial charge in [-0.25, -0.2) is 14.8 Å². The summed E-state index contributed by atoms with van der Waals surface area (Å²) in [5.41, 5.74) is 1.27. The van der Waals surface area contributed by atoms with Crippen molar-refractivity contribution < 1.29 is 14.3 Å². The van der Waals surface area contributed by atoms with Gasteiger partial charge in [0.25, 0.3) is 5.91 Å². The molecule has 0 aliphatic carbocycles. The van der Waals surface area contributed by atoms with Gasteiger partial charge in [-0.3, -0.25) is 9.69 Å². The standard InChI is InChI=1S/C18H22ClN5O3/c1-5-24(6-2)17-20-11-14(19)15(22-17)16(25)21-12-7-9-13(10-8-12)23(3)18(26)27-4/h7-11H,5-6H2,1-4H3,(H,21,25). The fourth-order valence-electron chi connectivity index (χ4n) is 2.38. The van der Waals surface area contributed by atoms with Crippen LogP contribution in [-0.4, -0.2) is 49.2 Å². The molecule has 27 heavy (non-hydrogen) atoms. The lowest BCUT2D eigenvalue weighted by molar-refractivity contribution is 0.102. The highest BCUT2D eigenvalue weighted by atomic mass is 35.5. The number of rotatable bonds is 6. The summed E-state index contributed by atoms with van der Waals surface area (Å²) in [6.45, 7) is 5.39. The molecule has 2 amide bonds. The van der Waals surface area contributed by atoms with Crippen molar-refractivity contribution >= 4 is 40.9 Å². The molecule has 2 rings (SSSR count). The van der Waals surface area contributed by atoms with E-state index in [-0.39, 0.29) is 10.7 Å². The SMILES string of the molecule is CCN(CC)c1ncc(Cl)c(C(=O)Nc2ccc(N(C)C(=O)OC)cc2)n1. The van der Waals surface area contributed by atoms with Crippen molar-refractivity contribution in [3.63, 3.8) is 0 Å². The molecular weight excluding hydrogens is 370 g/mol. The van der Waals surface area contributed by atoms with Crippen molar-refractivity contribution in [2.45, 2.75) is 13.8 Å². The van der Waals surface area contributed by atoms with Crippen LogP contribution in [0, 0.1) is 0 Å². The van der Waals surface area contributed by atoms with Crippen molar-refractivity contribution in [2.75, 3.05) is 42.4 Å². The van der Waals surface area contributed by atoms with Crippen LogP contribution >= 0.6 is 11.6 Å². The van der Waals surface area contributed by atoms with Crippen LogP contribution < -0.4 is 15.1 Å². The summed E-state index contributed by atoms with van der Waals surface area (Å²) in [5, 5.41) is 2.92. The minimum atomic E-state index is -0.483. The quantitative estimate of drug-likeness (QED) is 0.811. The fraction of sp³-hybridized carbons (Fsp3) is 0.333. The average Bonchev–Trinajstić information content (AvgIpc) is 2.69. The van der Waals surface area contributed by atoms with E-state index in [4.69, 9.17) is 11.6 Å². The van der Waals surface area contributed by atoms with Gasteiger partial charge in [0.2, 0.25) is 5.95 Å². The number of hydrogen-bond acceptors (Lipinski definition) is 6. The van der Waals surface area contributed by atoms with E-state index in [0.717, 1.165) is 0 Å². The molecular formula is C18H22ClN5O3. The van der Waals surface area contributed by atoms with E-state index < -0.39 is 12.0 Å². The molecule has 9 heteroatoms. The highest BCUT2D eigenvalue weighted by molar-refractivity contribution is 6.34. The first-order valence-electron chi connectivity index (χ1n) is 8.41. The Morgan fingerprint density at radius 1 is 1.19 bits per heavy atom. The number of nitrogens with one attached hydrogen (secondary N) is 1. The maximum absolute atomic E-state index is 12.6. The highest BCUT2D eigenvalue weighted by Gasteiger charge is 2.17. The lowest BCUT2D eigenvalue weighted by Gasteiger charge is -2.19. The molecule has 0 radical (unpaired) electrons. The molecule has 144 valence electrons. The van der Waals surface area contributed by atoms with E-state index in [1.54, 1.807) is 31.3 Å². The van der Waals surface area contributed by atoms with E-state index in [0.29, 0.717) is 30.4 Å². The number of halogens is 1. The monoisotopic (exact) mass is 391 g/mol. The third-order valence-corrected chi connectivity index (χ3v) is 4.23. The van der Waals surface area contributed by atoms with Crippen LogP contribution in [0.25, 0.3) is 0 Å². The Kier molecular flexibility index (Phi) is 6.95. The topological polar surface area (TPSA) is 87.7 Å². The Labute approximate surface area is 163 Å². The van der Waals surface area contributed by atoms with E-state index in [1.807, 2.05) is 18.7 Å². The Morgan fingerprint density at radius 2 is 1.81 bits per heavy atom. The maximum atomic E-state index is 12.6. The number of benzene rings is 1. The number of hydrogen-bond donors (Lipinski definition) is 1.